The highest BCUT2D eigenvalue weighted by atomic mass is 19.4. The van der Waals surface area contributed by atoms with Gasteiger partial charge in [0.15, 0.2) is 0 Å². The summed E-state index contributed by atoms with van der Waals surface area (Å²) >= 11 is 0. The molecule has 0 bridgehead atoms. The Labute approximate surface area is 166 Å². The van der Waals surface area contributed by atoms with Gasteiger partial charge in [0.25, 0.3) is 0 Å². The van der Waals surface area contributed by atoms with E-state index in [1.165, 1.54) is 7.11 Å². The first-order valence-corrected chi connectivity index (χ1v) is 9.31. The van der Waals surface area contributed by atoms with E-state index in [-0.39, 0.29) is 17.7 Å². The molecule has 29 heavy (non-hydrogen) atoms. The van der Waals surface area contributed by atoms with Gasteiger partial charge in [-0.1, -0.05) is 30.3 Å². The van der Waals surface area contributed by atoms with Crippen molar-refractivity contribution in [2.24, 2.45) is 5.84 Å². The van der Waals surface area contributed by atoms with E-state index in [1.807, 2.05) is 30.3 Å². The molecule has 0 saturated carbocycles. The Morgan fingerprint density at radius 2 is 1.72 bits per heavy atom. The quantitative estimate of drug-likeness (QED) is 0.544. The molecule has 1 heterocycles. The topological polar surface area (TPSA) is 38.5 Å². The fourth-order valence-corrected chi connectivity index (χ4v) is 4.00. The molecule has 1 atom stereocenters. The molecule has 1 fully saturated rings. The molecule has 0 amide bonds. The summed E-state index contributed by atoms with van der Waals surface area (Å²) in [6.07, 6.45) is -3.13. The molecule has 0 radical (unpaired) electrons. The summed E-state index contributed by atoms with van der Waals surface area (Å²) in [7, 11) is 1.36. The molecule has 8 heteroatoms. The Morgan fingerprint density at radius 1 is 1.03 bits per heavy atom. The molecule has 2 aromatic carbocycles. The lowest BCUT2D eigenvalue weighted by atomic mass is 9.76. The number of benzene rings is 2. The van der Waals surface area contributed by atoms with E-state index < -0.39 is 23.2 Å². The molecule has 3 rings (SSSR count). The second-order valence-corrected chi connectivity index (χ2v) is 7.32. The summed E-state index contributed by atoms with van der Waals surface area (Å²) in [4.78, 5) is 0. The zero-order valence-electron chi connectivity index (χ0n) is 16.0. The maximum Gasteiger partial charge on any atom is 0.458 e. The number of halogens is 5. The smallest absolute Gasteiger partial charge is 0.458 e. The third kappa shape index (κ3) is 3.96. The lowest BCUT2D eigenvalue weighted by Gasteiger charge is -2.45. The van der Waals surface area contributed by atoms with Crippen molar-refractivity contribution in [3.8, 4) is 5.75 Å². The number of nitrogens with zero attached hydrogens (tertiary/aromatic N) is 1. The number of nitrogens with two attached hydrogens (primary N) is 1. The first kappa shape index (κ1) is 21.5. The van der Waals surface area contributed by atoms with Crippen LogP contribution in [0.4, 0.5) is 22.0 Å². The SMILES string of the molecule is COc1ccc(C(F)(F)C(F)(F)F)cc1CC1(c2ccccc2)CCCCN1N. The average molecular weight is 414 g/mol. The van der Waals surface area contributed by atoms with Crippen LogP contribution in [-0.2, 0) is 17.9 Å². The zero-order valence-corrected chi connectivity index (χ0v) is 16.0. The van der Waals surface area contributed by atoms with Crippen molar-refractivity contribution in [1.82, 2.24) is 5.01 Å². The third-order valence-electron chi connectivity index (χ3n) is 5.58. The van der Waals surface area contributed by atoms with Gasteiger partial charge in [0.2, 0.25) is 0 Å². The van der Waals surface area contributed by atoms with E-state index in [0.29, 0.717) is 13.0 Å². The van der Waals surface area contributed by atoms with E-state index in [1.54, 1.807) is 5.01 Å². The fourth-order valence-electron chi connectivity index (χ4n) is 4.00. The van der Waals surface area contributed by atoms with Crippen molar-refractivity contribution >= 4 is 0 Å². The van der Waals surface area contributed by atoms with Crippen molar-refractivity contribution in [3.05, 3.63) is 65.2 Å². The predicted octanol–water partition coefficient (Wildman–Crippen LogP) is 5.15. The number of hydrogen-bond acceptors (Lipinski definition) is 3. The van der Waals surface area contributed by atoms with Crippen LogP contribution in [0.3, 0.4) is 0 Å². The maximum absolute atomic E-state index is 14.0. The second-order valence-electron chi connectivity index (χ2n) is 7.32. The van der Waals surface area contributed by atoms with E-state index in [4.69, 9.17) is 10.6 Å². The van der Waals surface area contributed by atoms with Gasteiger partial charge in [0.05, 0.1) is 12.6 Å². The van der Waals surface area contributed by atoms with Crippen molar-refractivity contribution in [2.45, 2.75) is 43.3 Å². The van der Waals surface area contributed by atoms with Crippen LogP contribution >= 0.6 is 0 Å². The minimum absolute atomic E-state index is 0.151. The Balaban J connectivity index is 2.09. The minimum Gasteiger partial charge on any atom is -0.496 e. The highest BCUT2D eigenvalue weighted by Crippen LogP contribution is 2.46. The second kappa shape index (κ2) is 7.91. The summed E-state index contributed by atoms with van der Waals surface area (Å²) in [5, 5.41) is 1.67. The standard InChI is InChI=1S/C21H23F5N2O/c1-29-18-10-9-17(20(22,23)21(24,25)26)13-15(18)14-19(11-5-6-12-28(19)27)16-7-3-2-4-8-16/h2-4,7-10,13H,5-6,11-12,14,27H2,1H3. The van der Waals surface area contributed by atoms with E-state index in [9.17, 15) is 22.0 Å². The fraction of sp³-hybridized carbons (Fsp3) is 0.429. The zero-order chi connectivity index (χ0) is 21.3. The molecule has 0 aromatic heterocycles. The van der Waals surface area contributed by atoms with Crippen molar-refractivity contribution in [2.75, 3.05) is 13.7 Å². The number of alkyl halides is 5. The van der Waals surface area contributed by atoms with E-state index >= 15 is 0 Å². The molecule has 1 aliphatic heterocycles. The molecule has 158 valence electrons. The van der Waals surface area contributed by atoms with Gasteiger partial charge in [0.1, 0.15) is 5.75 Å². The molecule has 0 aliphatic carbocycles. The molecule has 1 unspecified atom stereocenters. The Morgan fingerprint density at radius 3 is 2.31 bits per heavy atom. The van der Waals surface area contributed by atoms with Gasteiger partial charge < -0.3 is 4.74 Å². The lowest BCUT2D eigenvalue weighted by Crippen LogP contribution is -2.54. The monoisotopic (exact) mass is 414 g/mol. The van der Waals surface area contributed by atoms with E-state index in [2.05, 4.69) is 0 Å². The van der Waals surface area contributed by atoms with Crippen LogP contribution in [0.2, 0.25) is 0 Å². The van der Waals surface area contributed by atoms with Gasteiger partial charge in [-0.25, -0.2) is 5.01 Å². The first-order chi connectivity index (χ1) is 13.6. The normalized spacial score (nSPS) is 21.2. The summed E-state index contributed by atoms with van der Waals surface area (Å²) in [6.45, 7) is 0.593. The van der Waals surface area contributed by atoms with Gasteiger partial charge >= 0.3 is 12.1 Å². The van der Waals surface area contributed by atoms with Crippen LogP contribution in [0.5, 0.6) is 5.75 Å². The summed E-state index contributed by atoms with van der Waals surface area (Å²) in [5.74, 6) is 1.64. The number of hydrogen-bond donors (Lipinski definition) is 1. The predicted molar refractivity (Wildman–Crippen MR) is 99.5 cm³/mol. The van der Waals surface area contributed by atoms with Gasteiger partial charge in [-0.05, 0) is 55.0 Å². The van der Waals surface area contributed by atoms with Crippen molar-refractivity contribution in [3.63, 3.8) is 0 Å². The van der Waals surface area contributed by atoms with Gasteiger partial charge in [-0.15, -0.1) is 0 Å². The molecule has 1 aliphatic rings. The Kier molecular flexibility index (Phi) is 5.87. The van der Waals surface area contributed by atoms with Crippen molar-refractivity contribution < 1.29 is 26.7 Å². The largest absolute Gasteiger partial charge is 0.496 e. The molecule has 3 nitrogen and oxygen atoms in total. The van der Waals surface area contributed by atoms with Crippen LogP contribution < -0.4 is 10.6 Å². The number of hydrazine groups is 1. The van der Waals surface area contributed by atoms with Gasteiger partial charge in [-0.3, -0.25) is 5.84 Å². The molecular formula is C21H23F5N2O. The molecule has 0 spiro atoms. The highest BCUT2D eigenvalue weighted by molar-refractivity contribution is 5.42. The maximum atomic E-state index is 14.0. The minimum atomic E-state index is -5.68. The van der Waals surface area contributed by atoms with Crippen LogP contribution in [0.25, 0.3) is 0 Å². The number of piperidine rings is 1. The lowest BCUT2D eigenvalue weighted by molar-refractivity contribution is -0.289. The summed E-state index contributed by atoms with van der Waals surface area (Å²) in [5.41, 5.74) is -0.686. The molecule has 1 saturated heterocycles. The average Bonchev–Trinajstić information content (AvgIpc) is 2.69. The number of rotatable bonds is 5. The molecular weight excluding hydrogens is 391 g/mol. The molecule has 2 N–H and O–H groups in total. The van der Waals surface area contributed by atoms with Crippen LogP contribution in [0.1, 0.15) is 36.0 Å². The highest BCUT2D eigenvalue weighted by Gasteiger charge is 2.58. The van der Waals surface area contributed by atoms with Crippen LogP contribution in [0.15, 0.2) is 48.5 Å². The van der Waals surface area contributed by atoms with Gasteiger partial charge in [-0.2, -0.15) is 22.0 Å². The third-order valence-corrected chi connectivity index (χ3v) is 5.58. The molecule has 2 aromatic rings. The number of ether oxygens (including phenoxy) is 1. The van der Waals surface area contributed by atoms with Gasteiger partial charge in [0, 0.05) is 12.1 Å². The summed E-state index contributed by atoms with van der Waals surface area (Å²) in [6, 6.07) is 12.2. The van der Waals surface area contributed by atoms with Crippen molar-refractivity contribution in [1.29, 1.82) is 0 Å². The Hall–Kier alpha value is -2.19. The number of methoxy groups -OCH3 is 1. The Bertz CT molecular complexity index is 841. The van der Waals surface area contributed by atoms with Crippen LogP contribution in [0, 0.1) is 0 Å². The van der Waals surface area contributed by atoms with Crippen LogP contribution in [-0.4, -0.2) is 24.8 Å². The summed E-state index contributed by atoms with van der Waals surface area (Å²) < 4.78 is 71.8. The van der Waals surface area contributed by atoms with E-state index in [0.717, 1.165) is 36.6 Å². The first-order valence-electron chi connectivity index (χ1n) is 9.31.